The van der Waals surface area contributed by atoms with Crippen LogP contribution >= 0.6 is 0 Å². The second-order valence-corrected chi connectivity index (χ2v) is 4.95. The first-order chi connectivity index (χ1) is 11.2. The first kappa shape index (κ1) is 17.3. The topological polar surface area (TPSA) is 104 Å². The number of carbonyl (C=O) groups is 1. The minimum atomic E-state index is -4.56. The lowest BCUT2D eigenvalue weighted by Gasteiger charge is -2.11. The lowest BCUT2D eigenvalue weighted by atomic mass is 10.1. The van der Waals surface area contributed by atoms with Gasteiger partial charge in [0.1, 0.15) is 5.69 Å². The minimum Gasteiger partial charge on any atom is -0.370 e. The molecule has 9 heteroatoms. The van der Waals surface area contributed by atoms with Crippen LogP contribution in [0.4, 0.5) is 24.5 Å². The van der Waals surface area contributed by atoms with E-state index in [0.29, 0.717) is 11.4 Å². The first-order valence-corrected chi connectivity index (χ1v) is 6.73. The summed E-state index contributed by atoms with van der Waals surface area (Å²) in [6.07, 6.45) is -3.69. The van der Waals surface area contributed by atoms with E-state index < -0.39 is 17.8 Å². The molecule has 1 aromatic carbocycles. The van der Waals surface area contributed by atoms with E-state index >= 15 is 0 Å². The number of alkyl halides is 3. The summed E-state index contributed by atoms with van der Waals surface area (Å²) in [5.41, 5.74) is 5.93. The van der Waals surface area contributed by atoms with Gasteiger partial charge >= 0.3 is 6.18 Å². The molecule has 2 rings (SSSR count). The van der Waals surface area contributed by atoms with E-state index in [0.717, 1.165) is 23.9 Å². The third-order valence-electron chi connectivity index (χ3n) is 3.08. The van der Waals surface area contributed by atoms with Crippen LogP contribution in [0.15, 0.2) is 36.5 Å². The number of aryl methyl sites for hydroxylation is 1. The molecule has 24 heavy (non-hydrogen) atoms. The normalized spacial score (nSPS) is 11.0. The van der Waals surface area contributed by atoms with Crippen molar-refractivity contribution in [2.24, 2.45) is 5.73 Å². The maximum absolute atomic E-state index is 12.5. The fraction of sp³-hybridized carbons (Fsp3) is 0.133. The van der Waals surface area contributed by atoms with Crippen molar-refractivity contribution >= 4 is 23.2 Å². The van der Waals surface area contributed by atoms with Gasteiger partial charge in [-0.3, -0.25) is 15.2 Å². The molecule has 0 unspecified atom stereocenters. The lowest BCUT2D eigenvalue weighted by molar-refractivity contribution is -0.141. The maximum Gasteiger partial charge on any atom is 0.433 e. The van der Waals surface area contributed by atoms with Gasteiger partial charge in [-0.05, 0) is 36.8 Å². The predicted molar refractivity (Wildman–Crippen MR) is 83.9 cm³/mol. The molecule has 1 amide bonds. The van der Waals surface area contributed by atoms with E-state index in [1.165, 1.54) is 0 Å². The van der Waals surface area contributed by atoms with Gasteiger partial charge in [0.05, 0.1) is 5.56 Å². The maximum atomic E-state index is 12.5. The van der Waals surface area contributed by atoms with Crippen molar-refractivity contribution in [3.05, 3.63) is 53.3 Å². The number of halogens is 3. The molecule has 0 fully saturated rings. The van der Waals surface area contributed by atoms with E-state index in [2.05, 4.69) is 15.6 Å². The first-order valence-electron chi connectivity index (χ1n) is 6.73. The monoisotopic (exact) mass is 337 g/mol. The number of nitrogens with two attached hydrogens (primary N) is 1. The average Bonchev–Trinajstić information content (AvgIpc) is 2.49. The Morgan fingerprint density at radius 1 is 1.21 bits per heavy atom. The van der Waals surface area contributed by atoms with Crippen LogP contribution < -0.4 is 16.4 Å². The van der Waals surface area contributed by atoms with Gasteiger partial charge in [0.15, 0.2) is 5.96 Å². The third kappa shape index (κ3) is 4.22. The Bertz CT molecular complexity index is 772. The van der Waals surface area contributed by atoms with E-state index in [1.807, 2.05) is 0 Å². The van der Waals surface area contributed by atoms with Gasteiger partial charge in [0, 0.05) is 17.6 Å². The molecule has 0 aliphatic heterocycles. The van der Waals surface area contributed by atoms with Crippen LogP contribution in [-0.2, 0) is 6.18 Å². The standard InChI is InChI=1S/C15H14F3N5O/c1-8-2-4-10(6-11(8)23-14(19)20)22-13(24)9-3-5-12(21-7-9)15(16,17)18/h2-7H,1H3,(H,22,24)(H4,19,20,23). The SMILES string of the molecule is Cc1ccc(NC(=O)c2ccc(C(F)(F)F)nc2)cc1NC(=N)N. The van der Waals surface area contributed by atoms with E-state index in [1.54, 1.807) is 25.1 Å². The number of guanidine groups is 1. The highest BCUT2D eigenvalue weighted by molar-refractivity contribution is 6.04. The lowest BCUT2D eigenvalue weighted by Crippen LogP contribution is -2.21. The quantitative estimate of drug-likeness (QED) is 0.510. The van der Waals surface area contributed by atoms with Gasteiger partial charge in [-0.25, -0.2) is 0 Å². The van der Waals surface area contributed by atoms with Gasteiger partial charge in [-0.15, -0.1) is 0 Å². The van der Waals surface area contributed by atoms with Crippen molar-refractivity contribution in [3.63, 3.8) is 0 Å². The molecule has 126 valence electrons. The van der Waals surface area contributed by atoms with Crippen LogP contribution in [-0.4, -0.2) is 16.9 Å². The van der Waals surface area contributed by atoms with Crippen LogP contribution in [0.25, 0.3) is 0 Å². The van der Waals surface area contributed by atoms with Crippen molar-refractivity contribution < 1.29 is 18.0 Å². The van der Waals surface area contributed by atoms with Gasteiger partial charge < -0.3 is 16.4 Å². The highest BCUT2D eigenvalue weighted by atomic mass is 19.4. The molecule has 0 spiro atoms. The molecule has 0 aliphatic carbocycles. The van der Waals surface area contributed by atoms with Crippen LogP contribution in [0.2, 0.25) is 0 Å². The van der Waals surface area contributed by atoms with Crippen molar-refractivity contribution in [1.82, 2.24) is 4.98 Å². The summed E-state index contributed by atoms with van der Waals surface area (Å²) in [7, 11) is 0. The third-order valence-corrected chi connectivity index (χ3v) is 3.08. The molecule has 6 nitrogen and oxygen atoms in total. The molecular formula is C15H14F3N5O. The number of rotatable bonds is 3. The van der Waals surface area contributed by atoms with Crippen molar-refractivity contribution in [2.75, 3.05) is 10.6 Å². The Labute approximate surface area is 135 Å². The molecule has 2 aromatic rings. The Hall–Kier alpha value is -3.10. The number of carbonyl (C=O) groups excluding carboxylic acids is 1. The zero-order chi connectivity index (χ0) is 17.9. The highest BCUT2D eigenvalue weighted by Gasteiger charge is 2.32. The molecule has 1 aromatic heterocycles. The second kappa shape index (κ2) is 6.57. The van der Waals surface area contributed by atoms with Crippen molar-refractivity contribution in [1.29, 1.82) is 5.41 Å². The highest BCUT2D eigenvalue weighted by Crippen LogP contribution is 2.27. The number of nitrogens with zero attached hydrogens (tertiary/aromatic N) is 1. The number of hydrogen-bond donors (Lipinski definition) is 4. The van der Waals surface area contributed by atoms with E-state index in [-0.39, 0.29) is 11.5 Å². The zero-order valence-electron chi connectivity index (χ0n) is 12.5. The van der Waals surface area contributed by atoms with Gasteiger partial charge in [-0.2, -0.15) is 13.2 Å². The molecule has 5 N–H and O–H groups in total. The number of anilines is 2. The van der Waals surface area contributed by atoms with Crippen LogP contribution in [0, 0.1) is 12.3 Å². The number of pyridine rings is 1. The van der Waals surface area contributed by atoms with Crippen LogP contribution in [0.1, 0.15) is 21.6 Å². The van der Waals surface area contributed by atoms with Gasteiger partial charge in [0.2, 0.25) is 0 Å². The molecule has 0 saturated heterocycles. The zero-order valence-corrected chi connectivity index (χ0v) is 12.5. The summed E-state index contributed by atoms with van der Waals surface area (Å²) in [4.78, 5) is 15.3. The molecule has 0 aliphatic rings. The predicted octanol–water partition coefficient (Wildman–Crippen LogP) is 2.97. The summed E-state index contributed by atoms with van der Waals surface area (Å²) in [5.74, 6) is -0.859. The molecule has 0 saturated carbocycles. The van der Waals surface area contributed by atoms with Crippen molar-refractivity contribution in [3.8, 4) is 0 Å². The number of benzene rings is 1. The smallest absolute Gasteiger partial charge is 0.370 e. The molecule has 0 bridgehead atoms. The van der Waals surface area contributed by atoms with Crippen LogP contribution in [0.3, 0.4) is 0 Å². The summed E-state index contributed by atoms with van der Waals surface area (Å²) >= 11 is 0. The largest absolute Gasteiger partial charge is 0.433 e. The number of nitrogens with one attached hydrogen (secondary N) is 3. The van der Waals surface area contributed by atoms with Crippen molar-refractivity contribution in [2.45, 2.75) is 13.1 Å². The van der Waals surface area contributed by atoms with Crippen LogP contribution in [0.5, 0.6) is 0 Å². The fourth-order valence-electron chi connectivity index (χ4n) is 1.88. The summed E-state index contributed by atoms with van der Waals surface area (Å²) in [6, 6.07) is 6.68. The average molecular weight is 337 g/mol. The molecular weight excluding hydrogens is 323 g/mol. The summed E-state index contributed by atoms with van der Waals surface area (Å²) in [6.45, 7) is 1.79. The molecule has 0 atom stereocenters. The second-order valence-electron chi connectivity index (χ2n) is 4.95. The summed E-state index contributed by atoms with van der Waals surface area (Å²) < 4.78 is 37.4. The summed E-state index contributed by atoms with van der Waals surface area (Å²) in [5, 5.41) is 12.4. The molecule has 0 radical (unpaired) electrons. The number of aromatic nitrogens is 1. The minimum absolute atomic E-state index is 0.00958. The van der Waals surface area contributed by atoms with E-state index in [9.17, 15) is 18.0 Å². The van der Waals surface area contributed by atoms with E-state index in [4.69, 9.17) is 11.1 Å². The molecule has 1 heterocycles. The van der Waals surface area contributed by atoms with Gasteiger partial charge in [-0.1, -0.05) is 6.07 Å². The Balaban J connectivity index is 2.16. The number of hydrogen-bond acceptors (Lipinski definition) is 3. The fourth-order valence-corrected chi connectivity index (χ4v) is 1.88. The van der Waals surface area contributed by atoms with Gasteiger partial charge in [0.25, 0.3) is 5.91 Å². The number of amides is 1. The Morgan fingerprint density at radius 2 is 1.92 bits per heavy atom. The Morgan fingerprint density at radius 3 is 2.46 bits per heavy atom. The Kier molecular flexibility index (Phi) is 4.72.